The van der Waals surface area contributed by atoms with E-state index in [9.17, 15) is 9.59 Å². The minimum Gasteiger partial charge on any atom is -0.496 e. The van der Waals surface area contributed by atoms with Gasteiger partial charge >= 0.3 is 5.97 Å². The Kier molecular flexibility index (Phi) is 5.02. The number of aryl methyl sites for hydroxylation is 1. The molecule has 1 atom stereocenters. The van der Waals surface area contributed by atoms with Gasteiger partial charge in [-0.1, -0.05) is 12.1 Å². The number of ether oxygens (including phenoxy) is 1. The van der Waals surface area contributed by atoms with Crippen LogP contribution < -0.4 is 4.74 Å². The van der Waals surface area contributed by atoms with Crippen molar-refractivity contribution in [2.24, 2.45) is 5.92 Å². The molecule has 2 aliphatic rings. The maximum absolute atomic E-state index is 13.2. The summed E-state index contributed by atoms with van der Waals surface area (Å²) in [6, 6.07) is 6.08. The molecule has 1 heterocycles. The molecule has 1 amide bonds. The zero-order chi connectivity index (χ0) is 18.0. The number of amides is 1. The van der Waals surface area contributed by atoms with Crippen LogP contribution in [0.2, 0.25) is 0 Å². The van der Waals surface area contributed by atoms with E-state index in [-0.39, 0.29) is 12.3 Å². The van der Waals surface area contributed by atoms with Crippen molar-refractivity contribution >= 4 is 11.9 Å². The molecule has 25 heavy (non-hydrogen) atoms. The number of carbonyl (C=O) groups is 2. The van der Waals surface area contributed by atoms with Crippen molar-refractivity contribution in [3.8, 4) is 5.75 Å². The number of methoxy groups -OCH3 is 1. The fourth-order valence-electron chi connectivity index (χ4n) is 3.98. The van der Waals surface area contributed by atoms with Gasteiger partial charge in [0.05, 0.1) is 12.5 Å². The molecule has 5 heteroatoms. The second-order valence-corrected chi connectivity index (χ2v) is 7.46. The summed E-state index contributed by atoms with van der Waals surface area (Å²) in [6.07, 6.45) is 4.59. The molecule has 0 bridgehead atoms. The van der Waals surface area contributed by atoms with E-state index in [0.29, 0.717) is 18.9 Å². The average Bonchev–Trinajstić information content (AvgIpc) is 3.42. The topological polar surface area (TPSA) is 66.8 Å². The first-order chi connectivity index (χ1) is 12.0. The molecule has 0 spiro atoms. The highest BCUT2D eigenvalue weighted by Crippen LogP contribution is 2.51. The van der Waals surface area contributed by atoms with Crippen LogP contribution in [0, 0.1) is 12.8 Å². The van der Waals surface area contributed by atoms with Crippen LogP contribution in [-0.2, 0) is 15.0 Å². The Morgan fingerprint density at radius 1 is 1.36 bits per heavy atom. The average molecular weight is 345 g/mol. The molecule has 3 rings (SSSR count). The lowest BCUT2D eigenvalue weighted by Crippen LogP contribution is -2.45. The fourth-order valence-corrected chi connectivity index (χ4v) is 3.98. The van der Waals surface area contributed by atoms with Gasteiger partial charge in [0.2, 0.25) is 5.91 Å². The number of hydrogen-bond acceptors (Lipinski definition) is 3. The third kappa shape index (κ3) is 3.65. The quantitative estimate of drug-likeness (QED) is 0.860. The van der Waals surface area contributed by atoms with Gasteiger partial charge in [0.15, 0.2) is 0 Å². The largest absolute Gasteiger partial charge is 0.496 e. The second-order valence-electron chi connectivity index (χ2n) is 7.46. The van der Waals surface area contributed by atoms with Crippen LogP contribution in [0.25, 0.3) is 0 Å². The van der Waals surface area contributed by atoms with Gasteiger partial charge in [-0.2, -0.15) is 0 Å². The lowest BCUT2D eigenvalue weighted by Gasteiger charge is -2.35. The van der Waals surface area contributed by atoms with E-state index < -0.39 is 11.4 Å². The number of nitrogens with zero attached hydrogens (tertiary/aromatic N) is 1. The molecule has 0 aromatic heterocycles. The highest BCUT2D eigenvalue weighted by Gasteiger charge is 2.53. The monoisotopic (exact) mass is 345 g/mol. The zero-order valence-corrected chi connectivity index (χ0v) is 15.1. The van der Waals surface area contributed by atoms with Crippen molar-refractivity contribution in [3.63, 3.8) is 0 Å². The van der Waals surface area contributed by atoms with Crippen LogP contribution in [-0.4, -0.2) is 42.1 Å². The number of carboxylic acids is 1. The highest BCUT2D eigenvalue weighted by molar-refractivity contribution is 5.91. The van der Waals surface area contributed by atoms with Gasteiger partial charge in [0, 0.05) is 19.5 Å². The molecule has 1 aromatic carbocycles. The van der Waals surface area contributed by atoms with Crippen LogP contribution >= 0.6 is 0 Å². The summed E-state index contributed by atoms with van der Waals surface area (Å²) in [5.74, 6) is 0.582. The van der Waals surface area contributed by atoms with E-state index >= 15 is 0 Å². The Morgan fingerprint density at radius 3 is 2.76 bits per heavy atom. The second kappa shape index (κ2) is 7.06. The Labute approximate surface area is 149 Å². The van der Waals surface area contributed by atoms with Crippen LogP contribution in [0.1, 0.15) is 49.7 Å². The summed E-state index contributed by atoms with van der Waals surface area (Å²) >= 11 is 0. The molecule has 1 aliphatic carbocycles. The maximum atomic E-state index is 13.2. The van der Waals surface area contributed by atoms with Crippen molar-refractivity contribution in [1.29, 1.82) is 0 Å². The van der Waals surface area contributed by atoms with E-state index in [1.54, 1.807) is 7.11 Å². The van der Waals surface area contributed by atoms with E-state index in [4.69, 9.17) is 9.84 Å². The van der Waals surface area contributed by atoms with Crippen molar-refractivity contribution in [2.45, 2.75) is 50.9 Å². The first-order valence-electron chi connectivity index (χ1n) is 9.12. The van der Waals surface area contributed by atoms with Crippen molar-refractivity contribution in [1.82, 2.24) is 4.90 Å². The third-order valence-electron chi connectivity index (χ3n) is 5.69. The summed E-state index contributed by atoms with van der Waals surface area (Å²) < 4.78 is 5.42. The molecule has 1 saturated heterocycles. The Morgan fingerprint density at radius 2 is 2.12 bits per heavy atom. The maximum Gasteiger partial charge on any atom is 0.303 e. The number of hydrogen-bond donors (Lipinski definition) is 1. The molecule has 1 N–H and O–H groups in total. The van der Waals surface area contributed by atoms with Gasteiger partial charge in [-0.3, -0.25) is 9.59 Å². The van der Waals surface area contributed by atoms with Crippen LogP contribution in [0.15, 0.2) is 18.2 Å². The van der Waals surface area contributed by atoms with E-state index in [2.05, 4.69) is 6.07 Å². The first kappa shape index (κ1) is 17.8. The van der Waals surface area contributed by atoms with Gasteiger partial charge in [0.25, 0.3) is 0 Å². The molecule has 1 aliphatic heterocycles. The van der Waals surface area contributed by atoms with E-state index in [1.165, 1.54) is 0 Å². The van der Waals surface area contributed by atoms with E-state index in [1.807, 2.05) is 24.0 Å². The molecular formula is C20H27NO4. The van der Waals surface area contributed by atoms with Crippen LogP contribution in [0.4, 0.5) is 0 Å². The number of carboxylic acid groups (broad SMARTS) is 1. The minimum absolute atomic E-state index is 0.188. The summed E-state index contributed by atoms with van der Waals surface area (Å²) in [5, 5.41) is 8.89. The Bertz CT molecular complexity index is 666. The van der Waals surface area contributed by atoms with E-state index in [0.717, 1.165) is 49.1 Å². The summed E-state index contributed by atoms with van der Waals surface area (Å²) in [5.41, 5.74) is 1.73. The van der Waals surface area contributed by atoms with Gasteiger partial charge in [-0.15, -0.1) is 0 Å². The van der Waals surface area contributed by atoms with Crippen molar-refractivity contribution < 1.29 is 19.4 Å². The lowest BCUT2D eigenvalue weighted by atomic mass is 9.89. The number of aliphatic carboxylic acids is 1. The lowest BCUT2D eigenvalue weighted by molar-refractivity contribution is -0.137. The number of likely N-dealkylation sites (tertiary alicyclic amines) is 1. The van der Waals surface area contributed by atoms with Crippen molar-refractivity contribution in [2.75, 3.05) is 20.2 Å². The SMILES string of the molecule is COc1cc(C2(C(=O)N3CCC[C@H](CCC(=O)O)C3)CC2)ccc1C. The van der Waals surface area contributed by atoms with Gasteiger partial charge < -0.3 is 14.7 Å². The van der Waals surface area contributed by atoms with Gasteiger partial charge in [-0.05, 0) is 62.1 Å². The minimum atomic E-state index is -0.756. The number of benzene rings is 1. The Hall–Kier alpha value is -2.04. The summed E-state index contributed by atoms with van der Waals surface area (Å²) in [4.78, 5) is 26.0. The third-order valence-corrected chi connectivity index (χ3v) is 5.69. The molecule has 5 nitrogen and oxygen atoms in total. The summed E-state index contributed by atoms with van der Waals surface area (Å²) in [6.45, 7) is 3.48. The smallest absolute Gasteiger partial charge is 0.303 e. The molecule has 1 aromatic rings. The number of carbonyl (C=O) groups excluding carboxylic acids is 1. The number of rotatable bonds is 6. The normalized spacial score (nSPS) is 21.7. The number of piperidine rings is 1. The molecule has 0 radical (unpaired) electrons. The fraction of sp³-hybridized carbons (Fsp3) is 0.600. The predicted molar refractivity (Wildman–Crippen MR) is 94.8 cm³/mol. The molecule has 136 valence electrons. The molecule has 0 unspecified atom stereocenters. The Balaban J connectivity index is 1.72. The van der Waals surface area contributed by atoms with Gasteiger partial charge in [-0.25, -0.2) is 0 Å². The summed E-state index contributed by atoms with van der Waals surface area (Å²) in [7, 11) is 1.66. The van der Waals surface area contributed by atoms with Crippen LogP contribution in [0.3, 0.4) is 0 Å². The van der Waals surface area contributed by atoms with Crippen LogP contribution in [0.5, 0.6) is 5.75 Å². The molecule has 1 saturated carbocycles. The molecule has 2 fully saturated rings. The van der Waals surface area contributed by atoms with Gasteiger partial charge in [0.1, 0.15) is 5.75 Å². The zero-order valence-electron chi connectivity index (χ0n) is 15.1. The first-order valence-corrected chi connectivity index (χ1v) is 9.12. The van der Waals surface area contributed by atoms with Crippen molar-refractivity contribution in [3.05, 3.63) is 29.3 Å². The standard InChI is InChI=1S/C20H27NO4/c1-14-5-7-16(12-17(14)25-2)20(9-10-20)19(24)21-11-3-4-15(13-21)6-8-18(22)23/h5,7,12,15H,3-4,6,8-11,13H2,1-2H3,(H,22,23)/t15-/m1/s1. The predicted octanol–water partition coefficient (Wildman–Crippen LogP) is 3.14. The molecular weight excluding hydrogens is 318 g/mol. The highest BCUT2D eigenvalue weighted by atomic mass is 16.5.